The number of hydrogen-bond acceptors (Lipinski definition) is 4. The molecule has 1 spiro atoms. The van der Waals surface area contributed by atoms with Crippen LogP contribution in [0.1, 0.15) is 98.3 Å². The van der Waals surface area contributed by atoms with Gasteiger partial charge in [-0.05, 0) is 100 Å². The quantitative estimate of drug-likeness (QED) is 0.540. The topological polar surface area (TPSA) is 58.6 Å². The highest BCUT2D eigenvalue weighted by Gasteiger charge is 2.59. The molecule has 5 heteroatoms. The molecule has 9 atom stereocenters. The van der Waals surface area contributed by atoms with Gasteiger partial charge in [0, 0.05) is 44.8 Å². The largest absolute Gasteiger partial charge is 0.369 e. The standard InChI is InChI=1S/C31H48N2O3/c1-19-18-31(20(2)29-28(36-31)6-5-14-33(29)15-13-32-21(3)34)12-10-24-25-8-7-22-16-23(35)9-11-30(22,4)27(25)17-26(19)24/h20,22,24-25,27-29H,5-18H2,1-4H3,(H,32,34)/t20-,22-,24+,25+,27+,28-,29+,30+,31+/m1/s1. The number of rotatable bonds is 3. The molecule has 5 nitrogen and oxygen atoms in total. The summed E-state index contributed by atoms with van der Waals surface area (Å²) in [6.07, 6.45) is 12.9. The van der Waals surface area contributed by atoms with Gasteiger partial charge in [-0.2, -0.15) is 0 Å². The van der Waals surface area contributed by atoms with Gasteiger partial charge in [-0.25, -0.2) is 0 Å². The summed E-state index contributed by atoms with van der Waals surface area (Å²) in [7, 11) is 0. The number of allylic oxidation sites excluding steroid dienone is 1. The van der Waals surface area contributed by atoms with Crippen molar-refractivity contribution in [2.24, 2.45) is 35.0 Å². The molecule has 4 aliphatic carbocycles. The van der Waals surface area contributed by atoms with Gasteiger partial charge < -0.3 is 10.1 Å². The smallest absolute Gasteiger partial charge is 0.216 e. The summed E-state index contributed by atoms with van der Waals surface area (Å²) in [5.74, 6) is 4.05. The Morgan fingerprint density at radius 3 is 2.81 bits per heavy atom. The second-order valence-electron chi connectivity index (χ2n) is 13.8. The normalized spacial score (nSPS) is 46.7. The number of ether oxygens (including phenoxy) is 1. The Morgan fingerprint density at radius 2 is 2.00 bits per heavy atom. The summed E-state index contributed by atoms with van der Waals surface area (Å²) in [6.45, 7) is 11.8. The summed E-state index contributed by atoms with van der Waals surface area (Å²) in [5.41, 5.74) is 3.76. The average Bonchev–Trinajstić information content (AvgIpc) is 3.30. The number of hydrogen-bond donors (Lipinski definition) is 1. The monoisotopic (exact) mass is 496 g/mol. The van der Waals surface area contributed by atoms with Gasteiger partial charge in [0.1, 0.15) is 5.78 Å². The molecule has 6 rings (SSSR count). The van der Waals surface area contributed by atoms with E-state index in [1.807, 2.05) is 0 Å². The van der Waals surface area contributed by atoms with Crippen molar-refractivity contribution in [1.82, 2.24) is 10.2 Å². The van der Waals surface area contributed by atoms with Gasteiger partial charge in [0.25, 0.3) is 0 Å². The van der Waals surface area contributed by atoms with E-state index in [9.17, 15) is 9.59 Å². The van der Waals surface area contributed by atoms with E-state index in [0.717, 1.165) is 63.1 Å². The average molecular weight is 497 g/mol. The highest BCUT2D eigenvalue weighted by Crippen LogP contribution is 2.65. The third kappa shape index (κ3) is 3.94. The lowest BCUT2D eigenvalue weighted by atomic mass is 9.52. The second kappa shape index (κ2) is 9.22. The molecule has 1 amide bonds. The van der Waals surface area contributed by atoms with Crippen LogP contribution < -0.4 is 5.32 Å². The number of fused-ring (bicyclic) bond motifs is 6. The number of likely N-dealkylation sites (tertiary alicyclic amines) is 1. The van der Waals surface area contributed by atoms with E-state index in [-0.39, 0.29) is 11.5 Å². The number of Topliss-reactive ketones (excluding diaryl/α,β-unsaturated/α-hetero) is 1. The molecule has 1 N–H and O–H groups in total. The number of piperidine rings is 1. The lowest BCUT2D eigenvalue weighted by molar-refractivity contribution is -0.129. The van der Waals surface area contributed by atoms with Crippen molar-refractivity contribution in [1.29, 1.82) is 0 Å². The fraction of sp³-hybridized carbons (Fsp3) is 0.871. The minimum absolute atomic E-state index is 0.0266. The predicted octanol–water partition coefficient (Wildman–Crippen LogP) is 5.28. The maximum Gasteiger partial charge on any atom is 0.216 e. The lowest BCUT2D eigenvalue weighted by Crippen LogP contribution is -2.51. The molecule has 3 saturated carbocycles. The van der Waals surface area contributed by atoms with Crippen LogP contribution in [0.25, 0.3) is 0 Å². The van der Waals surface area contributed by atoms with Crippen LogP contribution in [0.15, 0.2) is 11.1 Å². The van der Waals surface area contributed by atoms with E-state index >= 15 is 0 Å². The van der Waals surface area contributed by atoms with Crippen LogP contribution >= 0.6 is 0 Å². The number of ketones is 1. The molecule has 0 aromatic heterocycles. The van der Waals surface area contributed by atoms with Crippen LogP contribution in [0.5, 0.6) is 0 Å². The summed E-state index contributed by atoms with van der Waals surface area (Å²) in [4.78, 5) is 26.3. The molecule has 0 aromatic carbocycles. The summed E-state index contributed by atoms with van der Waals surface area (Å²) < 4.78 is 7.13. The van der Waals surface area contributed by atoms with Crippen LogP contribution in [0, 0.1) is 35.0 Å². The summed E-state index contributed by atoms with van der Waals surface area (Å²) >= 11 is 0. The van der Waals surface area contributed by atoms with E-state index < -0.39 is 0 Å². The first-order valence-electron chi connectivity index (χ1n) is 15.1. The number of carbonyl (C=O) groups excluding carboxylic acids is 2. The Kier molecular flexibility index (Phi) is 6.43. The molecular weight excluding hydrogens is 448 g/mol. The maximum atomic E-state index is 12.2. The fourth-order valence-electron chi connectivity index (χ4n) is 10.3. The van der Waals surface area contributed by atoms with E-state index in [0.29, 0.717) is 35.2 Å². The Hall–Kier alpha value is -1.20. The Balaban J connectivity index is 1.22. The molecule has 0 aromatic rings. The van der Waals surface area contributed by atoms with E-state index in [1.54, 1.807) is 18.1 Å². The first kappa shape index (κ1) is 25.1. The minimum atomic E-state index is -0.0266. The van der Waals surface area contributed by atoms with Gasteiger partial charge >= 0.3 is 0 Å². The van der Waals surface area contributed by atoms with Crippen molar-refractivity contribution in [2.45, 2.75) is 116 Å². The number of nitrogens with one attached hydrogen (secondary N) is 1. The Labute approximate surface area is 218 Å². The zero-order valence-corrected chi connectivity index (χ0v) is 23.1. The first-order chi connectivity index (χ1) is 17.2. The molecule has 2 saturated heterocycles. The van der Waals surface area contributed by atoms with Crippen molar-refractivity contribution >= 4 is 11.7 Å². The highest BCUT2D eigenvalue weighted by molar-refractivity contribution is 5.79. The van der Waals surface area contributed by atoms with E-state index in [4.69, 9.17) is 4.74 Å². The highest BCUT2D eigenvalue weighted by atomic mass is 16.5. The lowest BCUT2D eigenvalue weighted by Gasteiger charge is -2.52. The van der Waals surface area contributed by atoms with Crippen LogP contribution in [0.4, 0.5) is 0 Å². The number of nitrogens with zero attached hydrogens (tertiary/aromatic N) is 1. The van der Waals surface area contributed by atoms with Crippen LogP contribution in [-0.4, -0.2) is 54.0 Å². The van der Waals surface area contributed by atoms with E-state index in [2.05, 4.69) is 31.0 Å². The molecule has 2 aliphatic heterocycles. The number of carbonyl (C=O) groups is 2. The first-order valence-corrected chi connectivity index (χ1v) is 15.1. The Morgan fingerprint density at radius 1 is 1.17 bits per heavy atom. The molecule has 0 bridgehead atoms. The van der Waals surface area contributed by atoms with Crippen molar-refractivity contribution in [2.75, 3.05) is 19.6 Å². The second-order valence-corrected chi connectivity index (χ2v) is 13.8. The Bertz CT molecular complexity index is 944. The minimum Gasteiger partial charge on any atom is -0.369 e. The van der Waals surface area contributed by atoms with Crippen LogP contribution in [-0.2, 0) is 14.3 Å². The van der Waals surface area contributed by atoms with Crippen LogP contribution in [0.3, 0.4) is 0 Å². The molecule has 0 radical (unpaired) electrons. The third-order valence-electron chi connectivity index (χ3n) is 12.2. The maximum absolute atomic E-state index is 12.2. The molecular formula is C31H48N2O3. The molecule has 6 aliphatic rings. The molecule has 36 heavy (non-hydrogen) atoms. The van der Waals surface area contributed by atoms with Crippen molar-refractivity contribution in [3.05, 3.63) is 11.1 Å². The zero-order valence-electron chi connectivity index (χ0n) is 23.1. The van der Waals surface area contributed by atoms with Gasteiger partial charge in [-0.3, -0.25) is 14.5 Å². The van der Waals surface area contributed by atoms with Gasteiger partial charge in [0.15, 0.2) is 0 Å². The van der Waals surface area contributed by atoms with E-state index in [1.165, 1.54) is 44.9 Å². The zero-order chi connectivity index (χ0) is 25.2. The predicted molar refractivity (Wildman–Crippen MR) is 141 cm³/mol. The molecule has 5 fully saturated rings. The van der Waals surface area contributed by atoms with Gasteiger partial charge in [0.2, 0.25) is 5.91 Å². The van der Waals surface area contributed by atoms with Crippen molar-refractivity contribution < 1.29 is 14.3 Å². The molecule has 0 unspecified atom stereocenters. The summed E-state index contributed by atoms with van der Waals surface area (Å²) in [6, 6.07) is 0.477. The van der Waals surface area contributed by atoms with Crippen molar-refractivity contribution in [3.63, 3.8) is 0 Å². The third-order valence-corrected chi connectivity index (χ3v) is 12.2. The van der Waals surface area contributed by atoms with Crippen LogP contribution in [0.2, 0.25) is 0 Å². The number of amides is 1. The van der Waals surface area contributed by atoms with Gasteiger partial charge in [-0.15, -0.1) is 0 Å². The molecule has 200 valence electrons. The van der Waals surface area contributed by atoms with Gasteiger partial charge in [0.05, 0.1) is 11.7 Å². The fourth-order valence-corrected chi connectivity index (χ4v) is 10.3. The molecule has 2 heterocycles. The summed E-state index contributed by atoms with van der Waals surface area (Å²) in [5, 5.41) is 3.01. The van der Waals surface area contributed by atoms with Gasteiger partial charge in [-0.1, -0.05) is 25.0 Å². The SMILES string of the molecule is CC(=O)NCCN1CCC[C@H]2O[C@]3(CC[C@@H]4C(=C(C)C3)C[C@H]3[C@H]4CC[C@@H]4CC(=O)CC[C@@]43C)[C@H](C)[C@@H]21. The van der Waals surface area contributed by atoms with Crippen molar-refractivity contribution in [3.8, 4) is 0 Å².